The molecule has 0 saturated heterocycles. The zero-order valence-corrected chi connectivity index (χ0v) is 37.9. The van der Waals surface area contributed by atoms with E-state index in [0.29, 0.717) is 0 Å². The highest BCUT2D eigenvalue weighted by molar-refractivity contribution is 6.13. The average molecular weight is 892 g/mol. The molecule has 0 bridgehead atoms. The summed E-state index contributed by atoms with van der Waals surface area (Å²) in [6, 6.07) is 90.6. The Morgan fingerprint density at radius 2 is 0.571 bits per heavy atom. The molecule has 70 heavy (non-hydrogen) atoms. The highest BCUT2D eigenvalue weighted by Crippen LogP contribution is 2.44. The van der Waals surface area contributed by atoms with E-state index in [1.54, 1.807) is 0 Å². The van der Waals surface area contributed by atoms with Gasteiger partial charge in [-0.3, -0.25) is 9.13 Å². The number of hydrogen-bond acceptors (Lipinski definition) is 1. The van der Waals surface area contributed by atoms with Crippen LogP contribution in [-0.2, 0) is 0 Å². The van der Waals surface area contributed by atoms with Gasteiger partial charge in [-0.15, -0.1) is 0 Å². The average Bonchev–Trinajstić information content (AvgIpc) is 4.16. The molecule has 326 valence electrons. The Hall–Kier alpha value is -9.45. The molecule has 0 unspecified atom stereocenters. The molecule has 0 aliphatic rings. The second-order valence-electron chi connectivity index (χ2n) is 18.3. The predicted octanol–water partition coefficient (Wildman–Crippen LogP) is 16.8. The van der Waals surface area contributed by atoms with Gasteiger partial charge in [0.15, 0.2) is 0 Å². The molecular weight excluding hydrogens is 851 g/mol. The molecule has 0 N–H and O–H groups in total. The topological polar surface area (TPSA) is 32.6 Å². The number of hydrogen-bond donors (Lipinski definition) is 0. The molecule has 0 amide bonds. The number of fused-ring (bicyclic) bond motifs is 12. The van der Waals surface area contributed by atoms with Gasteiger partial charge in [-0.05, 0) is 95.6 Å². The standard InChI is InChI=1S/C65H41N5/c1-9-30-54-46(21-1)47-22-2-10-31-55(47)67(54)44-20-17-19-42(39-44)45-29-18-38-62(68-56-32-11-3-23-48(56)49-24-4-12-33-57(49)68)65(45)43-40-63(69-58-34-13-5-25-50(58)51-26-6-14-35-59(51)69)66-64(41-43)70-60-36-15-7-27-52(60)53-28-8-16-37-61(53)70/h1-41H. The second-order valence-corrected chi connectivity index (χ2v) is 18.3. The molecule has 0 fully saturated rings. The van der Waals surface area contributed by atoms with Crippen LogP contribution in [0, 0.1) is 0 Å². The van der Waals surface area contributed by atoms with Crippen LogP contribution in [0.15, 0.2) is 249 Å². The smallest absolute Gasteiger partial charge is 0.140 e. The Morgan fingerprint density at radius 1 is 0.243 bits per heavy atom. The van der Waals surface area contributed by atoms with Crippen LogP contribution < -0.4 is 0 Å². The van der Waals surface area contributed by atoms with Gasteiger partial charge in [0, 0.05) is 54.3 Å². The number of benzene rings is 10. The lowest BCUT2D eigenvalue weighted by atomic mass is 9.92. The van der Waals surface area contributed by atoms with Gasteiger partial charge in [0.1, 0.15) is 11.6 Å². The number of pyridine rings is 1. The minimum atomic E-state index is 0.841. The quantitative estimate of drug-likeness (QED) is 0.164. The molecule has 0 spiro atoms. The van der Waals surface area contributed by atoms with Crippen molar-refractivity contribution in [1.29, 1.82) is 0 Å². The van der Waals surface area contributed by atoms with Crippen LogP contribution >= 0.6 is 0 Å². The largest absolute Gasteiger partial charge is 0.309 e. The van der Waals surface area contributed by atoms with Gasteiger partial charge in [0.25, 0.3) is 0 Å². The van der Waals surface area contributed by atoms with Crippen LogP contribution in [0.2, 0.25) is 0 Å². The van der Waals surface area contributed by atoms with E-state index in [-0.39, 0.29) is 0 Å². The number of rotatable bonds is 6. The summed E-state index contributed by atoms with van der Waals surface area (Å²) in [7, 11) is 0. The second kappa shape index (κ2) is 15.0. The highest BCUT2D eigenvalue weighted by Gasteiger charge is 2.24. The number of para-hydroxylation sites is 8. The first-order chi connectivity index (χ1) is 34.8. The Bertz CT molecular complexity index is 4270. The Kier molecular flexibility index (Phi) is 8.29. The lowest BCUT2D eigenvalue weighted by Crippen LogP contribution is -2.06. The summed E-state index contributed by atoms with van der Waals surface area (Å²) in [5.41, 5.74) is 15.7. The van der Waals surface area contributed by atoms with Gasteiger partial charge in [0.2, 0.25) is 0 Å². The molecule has 5 nitrogen and oxygen atoms in total. The van der Waals surface area contributed by atoms with E-state index < -0.39 is 0 Å². The SMILES string of the molecule is c1cc(-c2cccc(-n3c4ccccc4c4ccccc43)c2-c2cc(-n3c4ccccc4c4ccccc43)nc(-n3c4ccccc4c4ccccc43)c2)cc(-n2c3ccccc3c3ccccc32)c1. The van der Waals surface area contributed by atoms with Crippen molar-refractivity contribution in [1.82, 2.24) is 23.3 Å². The molecule has 5 heteroatoms. The van der Waals surface area contributed by atoms with Crippen molar-refractivity contribution in [3.05, 3.63) is 249 Å². The summed E-state index contributed by atoms with van der Waals surface area (Å²) in [5.74, 6) is 1.68. The summed E-state index contributed by atoms with van der Waals surface area (Å²) in [4.78, 5) is 5.76. The summed E-state index contributed by atoms with van der Waals surface area (Å²) in [6.45, 7) is 0. The van der Waals surface area contributed by atoms with Crippen molar-refractivity contribution >= 4 is 87.2 Å². The maximum absolute atomic E-state index is 5.76. The zero-order valence-electron chi connectivity index (χ0n) is 37.9. The molecule has 0 radical (unpaired) electrons. The number of aromatic nitrogens is 5. The van der Waals surface area contributed by atoms with Crippen molar-refractivity contribution in [2.75, 3.05) is 0 Å². The van der Waals surface area contributed by atoms with Gasteiger partial charge in [-0.2, -0.15) is 0 Å². The normalized spacial score (nSPS) is 12.0. The first-order valence-electron chi connectivity index (χ1n) is 24.0. The Morgan fingerprint density at radius 3 is 0.957 bits per heavy atom. The maximum Gasteiger partial charge on any atom is 0.140 e. The Labute approximate surface area is 402 Å². The molecule has 15 aromatic rings. The third-order valence-electron chi connectivity index (χ3n) is 14.6. The molecule has 5 aromatic heterocycles. The van der Waals surface area contributed by atoms with Crippen LogP contribution in [0.25, 0.3) is 132 Å². The summed E-state index contributed by atoms with van der Waals surface area (Å²) in [6.07, 6.45) is 0. The van der Waals surface area contributed by atoms with Crippen molar-refractivity contribution < 1.29 is 0 Å². The van der Waals surface area contributed by atoms with Gasteiger partial charge < -0.3 is 9.13 Å². The van der Waals surface area contributed by atoms with E-state index in [0.717, 1.165) is 78.4 Å². The van der Waals surface area contributed by atoms with E-state index in [4.69, 9.17) is 4.98 Å². The molecular formula is C65H41N5. The zero-order chi connectivity index (χ0) is 45.9. The van der Waals surface area contributed by atoms with Gasteiger partial charge in [0.05, 0.1) is 49.8 Å². The first kappa shape index (κ1) is 38.6. The first-order valence-corrected chi connectivity index (χ1v) is 24.0. The fraction of sp³-hybridized carbons (Fsp3) is 0. The van der Waals surface area contributed by atoms with Crippen LogP contribution in [0.1, 0.15) is 0 Å². The van der Waals surface area contributed by atoms with Crippen molar-refractivity contribution in [2.24, 2.45) is 0 Å². The Balaban J connectivity index is 1.09. The van der Waals surface area contributed by atoms with Gasteiger partial charge in [-0.1, -0.05) is 170 Å². The van der Waals surface area contributed by atoms with Crippen molar-refractivity contribution in [3.8, 4) is 45.3 Å². The molecule has 0 atom stereocenters. The molecule has 0 saturated carbocycles. The van der Waals surface area contributed by atoms with Crippen LogP contribution in [-0.4, -0.2) is 23.3 Å². The van der Waals surface area contributed by atoms with Gasteiger partial charge in [-0.25, -0.2) is 4.98 Å². The van der Waals surface area contributed by atoms with E-state index in [1.165, 1.54) is 54.1 Å². The molecule has 10 aromatic carbocycles. The molecule has 5 heterocycles. The third kappa shape index (κ3) is 5.57. The van der Waals surface area contributed by atoms with Crippen molar-refractivity contribution in [2.45, 2.75) is 0 Å². The highest BCUT2D eigenvalue weighted by atomic mass is 15.1. The summed E-state index contributed by atoms with van der Waals surface area (Å²) in [5, 5.41) is 9.68. The molecule has 0 aliphatic heterocycles. The summed E-state index contributed by atoms with van der Waals surface area (Å²) < 4.78 is 9.60. The van der Waals surface area contributed by atoms with E-state index >= 15 is 0 Å². The van der Waals surface area contributed by atoms with Crippen LogP contribution in [0.3, 0.4) is 0 Å². The monoisotopic (exact) mass is 891 g/mol. The van der Waals surface area contributed by atoms with Crippen LogP contribution in [0.5, 0.6) is 0 Å². The van der Waals surface area contributed by atoms with E-state index in [2.05, 4.69) is 267 Å². The van der Waals surface area contributed by atoms with E-state index in [9.17, 15) is 0 Å². The summed E-state index contributed by atoms with van der Waals surface area (Å²) >= 11 is 0. The lowest BCUT2D eigenvalue weighted by Gasteiger charge is -2.21. The minimum absolute atomic E-state index is 0.841. The van der Waals surface area contributed by atoms with Crippen molar-refractivity contribution in [3.63, 3.8) is 0 Å². The maximum atomic E-state index is 5.76. The minimum Gasteiger partial charge on any atom is -0.309 e. The van der Waals surface area contributed by atoms with E-state index in [1.807, 2.05) is 0 Å². The van der Waals surface area contributed by atoms with Crippen LogP contribution in [0.4, 0.5) is 0 Å². The molecule has 0 aliphatic carbocycles. The lowest BCUT2D eigenvalue weighted by molar-refractivity contribution is 1.01. The number of nitrogens with zero attached hydrogens (tertiary/aromatic N) is 5. The fourth-order valence-electron chi connectivity index (χ4n) is 11.7. The van der Waals surface area contributed by atoms with Gasteiger partial charge >= 0.3 is 0 Å². The predicted molar refractivity (Wildman–Crippen MR) is 292 cm³/mol. The molecule has 15 rings (SSSR count). The third-order valence-corrected chi connectivity index (χ3v) is 14.6. The fourth-order valence-corrected chi connectivity index (χ4v) is 11.7.